The molecule has 3 nitrogen and oxygen atoms in total. The van der Waals surface area contributed by atoms with E-state index >= 15 is 0 Å². The van der Waals surface area contributed by atoms with Crippen molar-refractivity contribution in [3.63, 3.8) is 0 Å². The van der Waals surface area contributed by atoms with Crippen LogP contribution in [-0.4, -0.2) is 42.3 Å². The number of alkyl halides is 3. The summed E-state index contributed by atoms with van der Waals surface area (Å²) in [7, 11) is 0. The van der Waals surface area contributed by atoms with Crippen LogP contribution in [0.15, 0.2) is 0 Å². The fourth-order valence-electron chi connectivity index (χ4n) is 4.29. The van der Waals surface area contributed by atoms with Gasteiger partial charge in [0.05, 0.1) is 23.7 Å². The van der Waals surface area contributed by atoms with E-state index in [0.717, 1.165) is 6.42 Å². The molecule has 0 amide bonds. The smallest absolute Gasteiger partial charge is 0.390 e. The number of aliphatic hydroxyl groups is 1. The summed E-state index contributed by atoms with van der Waals surface area (Å²) in [6.45, 7) is 1.64. The van der Waals surface area contributed by atoms with Gasteiger partial charge in [-0.15, -0.1) is 0 Å². The minimum atomic E-state index is -4.20. The van der Waals surface area contributed by atoms with Gasteiger partial charge in [-0.25, -0.2) is 0 Å². The summed E-state index contributed by atoms with van der Waals surface area (Å²) in [6.07, 6.45) is -1.25. The third kappa shape index (κ3) is 3.08. The number of ether oxygens (including phenoxy) is 2. The molecule has 21 heavy (non-hydrogen) atoms. The van der Waals surface area contributed by atoms with Gasteiger partial charge in [-0.2, -0.15) is 13.2 Å². The third-order valence-corrected chi connectivity index (χ3v) is 5.55. The Morgan fingerprint density at radius 2 is 1.86 bits per heavy atom. The van der Waals surface area contributed by atoms with Crippen molar-refractivity contribution in [2.75, 3.05) is 19.8 Å². The van der Waals surface area contributed by atoms with Gasteiger partial charge in [0.25, 0.3) is 0 Å². The Bertz CT molecular complexity index is 379. The second-order valence-electron chi connectivity index (χ2n) is 6.96. The molecule has 0 aromatic rings. The zero-order valence-electron chi connectivity index (χ0n) is 12.1. The number of hydrogen-bond donors (Lipinski definition) is 1. The minimum absolute atomic E-state index is 0.113. The summed E-state index contributed by atoms with van der Waals surface area (Å²) in [6, 6.07) is 0. The molecule has 2 aliphatic heterocycles. The highest BCUT2D eigenvalue weighted by atomic mass is 19.4. The van der Waals surface area contributed by atoms with Crippen molar-refractivity contribution in [1.29, 1.82) is 0 Å². The van der Waals surface area contributed by atoms with Crippen molar-refractivity contribution in [2.24, 2.45) is 11.8 Å². The summed E-state index contributed by atoms with van der Waals surface area (Å²) in [4.78, 5) is 0. The molecule has 1 N–H and O–H groups in total. The van der Waals surface area contributed by atoms with Crippen LogP contribution in [0.2, 0.25) is 0 Å². The molecule has 1 spiro atoms. The highest BCUT2D eigenvalue weighted by Crippen LogP contribution is 2.49. The molecule has 6 heteroatoms. The van der Waals surface area contributed by atoms with Gasteiger partial charge in [0, 0.05) is 19.6 Å². The van der Waals surface area contributed by atoms with Crippen LogP contribution in [0.3, 0.4) is 0 Å². The molecule has 4 unspecified atom stereocenters. The second-order valence-corrected chi connectivity index (χ2v) is 6.96. The number of rotatable bonds is 1. The Balaban J connectivity index is 1.72. The monoisotopic (exact) mass is 308 g/mol. The van der Waals surface area contributed by atoms with Crippen LogP contribution < -0.4 is 0 Å². The van der Waals surface area contributed by atoms with Crippen LogP contribution in [0, 0.1) is 11.8 Å². The molecule has 0 bridgehead atoms. The molecule has 3 aliphatic rings. The predicted molar refractivity (Wildman–Crippen MR) is 69.8 cm³/mol. The van der Waals surface area contributed by atoms with E-state index in [1.54, 1.807) is 0 Å². The molecular weight excluding hydrogens is 285 g/mol. The largest absolute Gasteiger partial charge is 0.391 e. The van der Waals surface area contributed by atoms with Crippen molar-refractivity contribution in [1.82, 2.24) is 0 Å². The van der Waals surface area contributed by atoms with E-state index in [2.05, 4.69) is 0 Å². The van der Waals surface area contributed by atoms with Gasteiger partial charge in [-0.05, 0) is 44.4 Å². The number of halogens is 3. The van der Waals surface area contributed by atoms with Crippen LogP contribution in [0.25, 0.3) is 0 Å². The van der Waals surface area contributed by atoms with Crippen LogP contribution in [0.5, 0.6) is 0 Å². The Hall–Kier alpha value is -0.330. The Morgan fingerprint density at radius 1 is 1.05 bits per heavy atom. The van der Waals surface area contributed by atoms with Gasteiger partial charge in [0.2, 0.25) is 0 Å². The van der Waals surface area contributed by atoms with Crippen LogP contribution in [0.1, 0.15) is 44.9 Å². The molecule has 2 heterocycles. The lowest BCUT2D eigenvalue weighted by Crippen LogP contribution is -2.52. The molecule has 4 atom stereocenters. The van der Waals surface area contributed by atoms with Gasteiger partial charge in [-0.1, -0.05) is 0 Å². The predicted octanol–water partition coefficient (Wildman–Crippen LogP) is 3.06. The first kappa shape index (κ1) is 15.6. The summed E-state index contributed by atoms with van der Waals surface area (Å²) in [5.41, 5.74) is -1.57. The molecule has 0 aromatic carbocycles. The maximum absolute atomic E-state index is 13.0. The SMILES string of the molecule is OC1(C2CCOC3(CCOC3)C2)CCCC(C(F)(F)F)C1. The first-order chi connectivity index (χ1) is 9.83. The standard InChI is InChI=1S/C15H23F3O3/c16-15(17,18)12-2-1-4-14(19,9-12)11-3-6-21-13(8-11)5-7-20-10-13/h11-12,19H,1-10H2. The van der Waals surface area contributed by atoms with E-state index < -0.39 is 17.7 Å². The number of hydrogen-bond acceptors (Lipinski definition) is 3. The van der Waals surface area contributed by atoms with Gasteiger partial charge >= 0.3 is 6.18 Å². The van der Waals surface area contributed by atoms with E-state index in [4.69, 9.17) is 9.47 Å². The molecular formula is C15H23F3O3. The van der Waals surface area contributed by atoms with E-state index in [1.807, 2.05) is 0 Å². The van der Waals surface area contributed by atoms with Crippen LogP contribution in [0.4, 0.5) is 13.2 Å². The Labute approximate surface area is 122 Å². The van der Waals surface area contributed by atoms with Crippen LogP contribution in [-0.2, 0) is 9.47 Å². The average molecular weight is 308 g/mol. The third-order valence-electron chi connectivity index (χ3n) is 5.55. The van der Waals surface area contributed by atoms with E-state index in [9.17, 15) is 18.3 Å². The lowest BCUT2D eigenvalue weighted by Gasteiger charge is -2.48. The summed E-state index contributed by atoms with van der Waals surface area (Å²) in [5.74, 6) is -1.48. The van der Waals surface area contributed by atoms with E-state index in [0.29, 0.717) is 45.5 Å². The van der Waals surface area contributed by atoms with E-state index in [-0.39, 0.29) is 24.4 Å². The lowest BCUT2D eigenvalue weighted by molar-refractivity contribution is -0.216. The van der Waals surface area contributed by atoms with E-state index in [1.165, 1.54) is 0 Å². The molecule has 0 aromatic heterocycles. The fraction of sp³-hybridized carbons (Fsp3) is 1.00. The van der Waals surface area contributed by atoms with Gasteiger partial charge < -0.3 is 14.6 Å². The molecule has 0 radical (unpaired) electrons. The van der Waals surface area contributed by atoms with Crippen molar-refractivity contribution in [2.45, 2.75) is 62.3 Å². The van der Waals surface area contributed by atoms with Crippen molar-refractivity contribution in [3.05, 3.63) is 0 Å². The van der Waals surface area contributed by atoms with Crippen molar-refractivity contribution < 1.29 is 27.8 Å². The fourth-order valence-corrected chi connectivity index (χ4v) is 4.29. The summed E-state index contributed by atoms with van der Waals surface area (Å²) >= 11 is 0. The first-order valence-corrected chi connectivity index (χ1v) is 7.84. The second kappa shape index (κ2) is 5.39. The van der Waals surface area contributed by atoms with Crippen LogP contribution >= 0.6 is 0 Å². The van der Waals surface area contributed by atoms with Gasteiger partial charge in [-0.3, -0.25) is 0 Å². The Kier molecular flexibility index (Phi) is 3.99. The zero-order valence-corrected chi connectivity index (χ0v) is 12.1. The first-order valence-electron chi connectivity index (χ1n) is 7.84. The minimum Gasteiger partial charge on any atom is -0.390 e. The normalized spacial score (nSPS) is 45.1. The molecule has 1 saturated carbocycles. The average Bonchev–Trinajstić information content (AvgIpc) is 2.86. The quantitative estimate of drug-likeness (QED) is 0.809. The molecule has 1 aliphatic carbocycles. The molecule has 2 saturated heterocycles. The summed E-state index contributed by atoms with van der Waals surface area (Å²) in [5, 5.41) is 10.9. The maximum Gasteiger partial charge on any atom is 0.391 e. The molecule has 122 valence electrons. The topological polar surface area (TPSA) is 38.7 Å². The highest BCUT2D eigenvalue weighted by molar-refractivity contribution is 5.00. The zero-order chi connectivity index (χ0) is 15.1. The summed E-state index contributed by atoms with van der Waals surface area (Å²) < 4.78 is 50.2. The highest BCUT2D eigenvalue weighted by Gasteiger charge is 2.53. The van der Waals surface area contributed by atoms with Crippen molar-refractivity contribution >= 4 is 0 Å². The lowest BCUT2D eigenvalue weighted by atomic mass is 9.66. The van der Waals surface area contributed by atoms with Crippen molar-refractivity contribution in [3.8, 4) is 0 Å². The van der Waals surface area contributed by atoms with Gasteiger partial charge in [0.1, 0.15) is 0 Å². The Morgan fingerprint density at radius 3 is 2.52 bits per heavy atom. The molecule has 3 fully saturated rings. The van der Waals surface area contributed by atoms with Gasteiger partial charge in [0.15, 0.2) is 0 Å². The molecule has 3 rings (SSSR count). The maximum atomic E-state index is 13.0.